The predicted octanol–water partition coefficient (Wildman–Crippen LogP) is 4.47. The largest absolute Gasteiger partial charge is 0.271 e. The lowest BCUT2D eigenvalue weighted by molar-refractivity contribution is 0.297. The van der Waals surface area contributed by atoms with Crippen LogP contribution in [0.3, 0.4) is 0 Å². The summed E-state index contributed by atoms with van der Waals surface area (Å²) in [6.45, 7) is 4.58. The molecule has 3 N–H and O–H groups in total. The van der Waals surface area contributed by atoms with Gasteiger partial charge in [0, 0.05) is 5.41 Å². The molecule has 0 aromatic heterocycles. The van der Waals surface area contributed by atoms with Gasteiger partial charge in [-0.2, -0.15) is 0 Å². The first-order valence-electron chi connectivity index (χ1n) is 8.49. The number of hydrazine groups is 1. The summed E-state index contributed by atoms with van der Waals surface area (Å²) >= 11 is 0. The summed E-state index contributed by atoms with van der Waals surface area (Å²) in [7, 11) is 0. The van der Waals surface area contributed by atoms with E-state index in [1.165, 1.54) is 43.2 Å². The molecule has 1 aromatic carbocycles. The van der Waals surface area contributed by atoms with Crippen LogP contribution in [0.4, 0.5) is 0 Å². The van der Waals surface area contributed by atoms with E-state index in [1.54, 1.807) is 0 Å². The minimum absolute atomic E-state index is 0.0895. The molecule has 0 bridgehead atoms. The summed E-state index contributed by atoms with van der Waals surface area (Å²) in [6, 6.07) is 11.1. The molecule has 0 fully saturated rings. The molecule has 0 heterocycles. The van der Waals surface area contributed by atoms with E-state index in [4.69, 9.17) is 5.84 Å². The van der Waals surface area contributed by atoms with Gasteiger partial charge in [-0.25, -0.2) is 0 Å². The van der Waals surface area contributed by atoms with Gasteiger partial charge in [0.1, 0.15) is 0 Å². The van der Waals surface area contributed by atoms with Gasteiger partial charge in [0.25, 0.3) is 0 Å². The Bertz CT molecular complexity index is 446. The van der Waals surface area contributed by atoms with E-state index in [-0.39, 0.29) is 11.5 Å². The second-order valence-electron chi connectivity index (χ2n) is 6.21. The molecule has 0 saturated carbocycles. The van der Waals surface area contributed by atoms with Crippen LogP contribution in [0.2, 0.25) is 0 Å². The summed E-state index contributed by atoms with van der Waals surface area (Å²) in [5.41, 5.74) is 6.18. The zero-order chi connectivity index (χ0) is 15.1. The first-order valence-corrected chi connectivity index (χ1v) is 8.49. The molecule has 2 rings (SSSR count). The Labute approximate surface area is 129 Å². The Morgan fingerprint density at radius 2 is 1.81 bits per heavy atom. The molecule has 0 amide bonds. The summed E-state index contributed by atoms with van der Waals surface area (Å²) in [5.74, 6) is 6.04. The molecule has 0 radical (unpaired) electrons. The highest BCUT2D eigenvalue weighted by atomic mass is 15.2. The van der Waals surface area contributed by atoms with E-state index in [0.717, 1.165) is 12.8 Å². The lowest BCUT2D eigenvalue weighted by atomic mass is 9.67. The van der Waals surface area contributed by atoms with Crippen molar-refractivity contribution in [3.8, 4) is 0 Å². The van der Waals surface area contributed by atoms with Crippen LogP contribution < -0.4 is 11.3 Å². The first-order chi connectivity index (χ1) is 10.3. The molecule has 2 nitrogen and oxygen atoms in total. The Hall–Kier alpha value is -1.12. The molecule has 21 heavy (non-hydrogen) atoms. The van der Waals surface area contributed by atoms with Crippen LogP contribution in [-0.4, -0.2) is 6.04 Å². The van der Waals surface area contributed by atoms with Crippen LogP contribution in [0.25, 0.3) is 0 Å². The topological polar surface area (TPSA) is 38.0 Å². The van der Waals surface area contributed by atoms with E-state index in [2.05, 4.69) is 55.7 Å². The number of allylic oxidation sites excluding steroid dienone is 1. The molecule has 1 atom stereocenters. The third-order valence-corrected chi connectivity index (χ3v) is 5.28. The van der Waals surface area contributed by atoms with Gasteiger partial charge in [-0.1, -0.05) is 62.2 Å². The highest BCUT2D eigenvalue weighted by Gasteiger charge is 2.38. The Kier molecular flexibility index (Phi) is 6.01. The van der Waals surface area contributed by atoms with Gasteiger partial charge in [-0.05, 0) is 44.1 Å². The second kappa shape index (κ2) is 7.77. The van der Waals surface area contributed by atoms with E-state index in [0.29, 0.717) is 0 Å². The van der Waals surface area contributed by atoms with Gasteiger partial charge in [-0.15, -0.1) is 0 Å². The normalized spacial score (nSPS) is 18.0. The van der Waals surface area contributed by atoms with Crippen LogP contribution in [0.1, 0.15) is 64.4 Å². The molecular weight excluding hydrogens is 256 g/mol. The fourth-order valence-electron chi connectivity index (χ4n) is 3.93. The third-order valence-electron chi connectivity index (χ3n) is 5.28. The summed E-state index contributed by atoms with van der Waals surface area (Å²) < 4.78 is 0. The summed E-state index contributed by atoms with van der Waals surface area (Å²) in [4.78, 5) is 0. The monoisotopic (exact) mass is 286 g/mol. The average molecular weight is 286 g/mol. The molecule has 116 valence electrons. The van der Waals surface area contributed by atoms with Gasteiger partial charge < -0.3 is 0 Å². The zero-order valence-electron chi connectivity index (χ0n) is 13.6. The number of nitrogens with two attached hydrogens (primary N) is 1. The fourth-order valence-corrected chi connectivity index (χ4v) is 3.93. The molecule has 1 aliphatic carbocycles. The van der Waals surface area contributed by atoms with Crippen molar-refractivity contribution >= 4 is 0 Å². The van der Waals surface area contributed by atoms with Crippen LogP contribution in [0, 0.1) is 0 Å². The van der Waals surface area contributed by atoms with Gasteiger partial charge in [0.05, 0.1) is 6.04 Å². The van der Waals surface area contributed by atoms with Crippen LogP contribution in [-0.2, 0) is 5.41 Å². The van der Waals surface area contributed by atoms with E-state index >= 15 is 0 Å². The maximum Gasteiger partial charge on any atom is 0.0516 e. The molecular formula is C19H30N2. The molecule has 1 aliphatic rings. The van der Waals surface area contributed by atoms with Gasteiger partial charge in [-0.3, -0.25) is 11.3 Å². The average Bonchev–Trinajstić information content (AvgIpc) is 2.82. The number of hydrogen-bond acceptors (Lipinski definition) is 2. The maximum absolute atomic E-state index is 6.04. The van der Waals surface area contributed by atoms with E-state index in [9.17, 15) is 0 Å². The zero-order valence-corrected chi connectivity index (χ0v) is 13.6. The molecule has 1 unspecified atom stereocenters. The number of rotatable bonds is 6. The standard InChI is InChI=1S/C19H30N2/c1-3-19(4-2,17-14-10-7-11-15-17)18(21-20)16-12-8-5-6-9-13-16/h7,10-12,14-15,18,21H,3-6,8-9,13,20H2,1-2H3. The van der Waals surface area contributed by atoms with Gasteiger partial charge in [0.2, 0.25) is 0 Å². The van der Waals surface area contributed by atoms with Crippen LogP contribution >= 0.6 is 0 Å². The smallest absolute Gasteiger partial charge is 0.0516 e. The van der Waals surface area contributed by atoms with Crippen LogP contribution in [0.15, 0.2) is 42.0 Å². The molecule has 0 aliphatic heterocycles. The third kappa shape index (κ3) is 3.38. The Morgan fingerprint density at radius 3 is 2.43 bits per heavy atom. The molecule has 2 heteroatoms. The van der Waals surface area contributed by atoms with Gasteiger partial charge in [0.15, 0.2) is 0 Å². The molecule has 0 saturated heterocycles. The second-order valence-corrected chi connectivity index (χ2v) is 6.21. The van der Waals surface area contributed by atoms with Crippen molar-refractivity contribution in [2.45, 2.75) is 70.3 Å². The Balaban J connectivity index is 2.40. The van der Waals surface area contributed by atoms with E-state index < -0.39 is 0 Å². The van der Waals surface area contributed by atoms with Crippen molar-refractivity contribution in [1.29, 1.82) is 0 Å². The van der Waals surface area contributed by atoms with Crippen molar-refractivity contribution < 1.29 is 0 Å². The Morgan fingerprint density at radius 1 is 1.10 bits per heavy atom. The lowest BCUT2D eigenvalue weighted by Gasteiger charge is -2.41. The lowest BCUT2D eigenvalue weighted by Crippen LogP contribution is -2.52. The molecule has 0 spiro atoms. The SMILES string of the molecule is CCC(CC)(c1ccccc1)C(NN)C1=CCCCCC1. The van der Waals surface area contributed by atoms with Crippen molar-refractivity contribution in [1.82, 2.24) is 5.43 Å². The molecule has 1 aromatic rings. The predicted molar refractivity (Wildman–Crippen MR) is 91.0 cm³/mol. The minimum Gasteiger partial charge on any atom is -0.271 e. The first kappa shape index (κ1) is 16.3. The number of nitrogens with one attached hydrogen (secondary N) is 1. The fraction of sp³-hybridized carbons (Fsp3) is 0.579. The maximum atomic E-state index is 6.04. The quantitative estimate of drug-likeness (QED) is 0.460. The highest BCUT2D eigenvalue weighted by Crippen LogP contribution is 2.39. The van der Waals surface area contributed by atoms with E-state index in [1.807, 2.05) is 0 Å². The number of benzene rings is 1. The minimum atomic E-state index is 0.0895. The highest BCUT2D eigenvalue weighted by molar-refractivity contribution is 5.33. The number of hydrogen-bond donors (Lipinski definition) is 2. The summed E-state index contributed by atoms with van der Waals surface area (Å²) in [5, 5.41) is 0. The van der Waals surface area contributed by atoms with Crippen molar-refractivity contribution in [3.63, 3.8) is 0 Å². The van der Waals surface area contributed by atoms with Crippen LogP contribution in [0.5, 0.6) is 0 Å². The van der Waals surface area contributed by atoms with Crippen molar-refractivity contribution in [2.75, 3.05) is 0 Å². The van der Waals surface area contributed by atoms with Crippen molar-refractivity contribution in [2.24, 2.45) is 5.84 Å². The van der Waals surface area contributed by atoms with Gasteiger partial charge >= 0.3 is 0 Å². The van der Waals surface area contributed by atoms with Crippen molar-refractivity contribution in [3.05, 3.63) is 47.5 Å². The summed E-state index contributed by atoms with van der Waals surface area (Å²) in [6.07, 6.45) is 11.0.